The van der Waals surface area contributed by atoms with Crippen LogP contribution in [0.4, 0.5) is 5.69 Å². The van der Waals surface area contributed by atoms with Crippen molar-refractivity contribution in [3.63, 3.8) is 0 Å². The average molecular weight is 326 g/mol. The van der Waals surface area contributed by atoms with Gasteiger partial charge in [0, 0.05) is 18.3 Å². The monoisotopic (exact) mass is 326 g/mol. The highest BCUT2D eigenvalue weighted by molar-refractivity contribution is 7.85. The smallest absolute Gasteiger partial charge is 0.264 e. The molecular weight excluding hydrogens is 304 g/mol. The number of nitrogens with zero attached hydrogens (tertiary/aromatic N) is 1. The van der Waals surface area contributed by atoms with Gasteiger partial charge in [-0.2, -0.15) is 8.42 Å². The van der Waals surface area contributed by atoms with Gasteiger partial charge in [-0.1, -0.05) is 18.2 Å². The summed E-state index contributed by atoms with van der Waals surface area (Å²) in [5.41, 5.74) is 2.04. The van der Waals surface area contributed by atoms with Crippen molar-refractivity contribution in [3.8, 4) is 0 Å². The van der Waals surface area contributed by atoms with Gasteiger partial charge in [-0.25, -0.2) is 0 Å². The van der Waals surface area contributed by atoms with Crippen LogP contribution >= 0.6 is 0 Å². The average Bonchev–Trinajstić information content (AvgIpc) is 2.42. The van der Waals surface area contributed by atoms with Gasteiger partial charge < -0.3 is 10.1 Å². The molecule has 1 aliphatic carbocycles. The number of hydrogen-bond acceptors (Lipinski definition) is 5. The topological polar surface area (TPSA) is 77.0 Å². The van der Waals surface area contributed by atoms with Crippen molar-refractivity contribution < 1.29 is 17.3 Å². The summed E-state index contributed by atoms with van der Waals surface area (Å²) < 4.78 is 32.5. The van der Waals surface area contributed by atoms with E-state index in [1.54, 1.807) is 13.4 Å². The molecule has 0 radical (unpaired) electrons. The van der Waals surface area contributed by atoms with Gasteiger partial charge in [-0.05, 0) is 24.8 Å². The van der Waals surface area contributed by atoms with Crippen LogP contribution in [0.1, 0.15) is 18.4 Å². The molecule has 0 aliphatic heterocycles. The van der Waals surface area contributed by atoms with Crippen LogP contribution < -0.4 is 5.32 Å². The lowest BCUT2D eigenvalue weighted by Crippen LogP contribution is -2.34. The Bertz CT molecular complexity index is 610. The Balaban J connectivity index is 1.74. The van der Waals surface area contributed by atoms with Crippen molar-refractivity contribution in [2.75, 3.05) is 25.2 Å². The second kappa shape index (κ2) is 7.71. The zero-order valence-electron chi connectivity index (χ0n) is 12.9. The largest absolute Gasteiger partial charge is 0.373 e. The summed E-state index contributed by atoms with van der Waals surface area (Å²) in [6, 6.07) is 7.91. The maximum atomic E-state index is 10.9. The number of rotatable bonds is 8. The Morgan fingerprint density at radius 3 is 2.77 bits per heavy atom. The summed E-state index contributed by atoms with van der Waals surface area (Å²) in [6.45, 7) is 0.773. The van der Waals surface area contributed by atoms with Gasteiger partial charge in [-0.15, -0.1) is 0 Å². The highest BCUT2D eigenvalue weighted by atomic mass is 32.2. The molecule has 122 valence electrons. The summed E-state index contributed by atoms with van der Waals surface area (Å²) in [7, 11) is -1.64. The molecule has 0 amide bonds. The SMILES string of the molecule is CN=CNc1ccccc1COC1CC(COS(C)(=O)=O)C1. The van der Waals surface area contributed by atoms with E-state index in [4.69, 9.17) is 8.92 Å². The molecule has 1 N–H and O–H groups in total. The molecule has 0 heterocycles. The maximum absolute atomic E-state index is 10.9. The van der Waals surface area contributed by atoms with Gasteiger partial charge in [0.2, 0.25) is 0 Å². The van der Waals surface area contributed by atoms with E-state index in [9.17, 15) is 8.42 Å². The fourth-order valence-corrected chi connectivity index (χ4v) is 2.73. The molecule has 0 spiro atoms. The van der Waals surface area contributed by atoms with Gasteiger partial charge in [0.05, 0.1) is 31.9 Å². The van der Waals surface area contributed by atoms with Crippen molar-refractivity contribution in [1.29, 1.82) is 0 Å². The van der Waals surface area contributed by atoms with Crippen molar-refractivity contribution >= 4 is 22.1 Å². The first-order chi connectivity index (χ1) is 10.5. The number of ether oxygens (including phenoxy) is 1. The van der Waals surface area contributed by atoms with Gasteiger partial charge in [0.15, 0.2) is 0 Å². The Kier molecular flexibility index (Phi) is 5.93. The van der Waals surface area contributed by atoms with E-state index in [-0.39, 0.29) is 18.6 Å². The highest BCUT2D eigenvalue weighted by Crippen LogP contribution is 2.31. The van der Waals surface area contributed by atoms with Gasteiger partial charge in [0.1, 0.15) is 0 Å². The Morgan fingerprint density at radius 2 is 2.09 bits per heavy atom. The van der Waals surface area contributed by atoms with Crippen LogP contribution in [0.25, 0.3) is 0 Å². The lowest BCUT2D eigenvalue weighted by Gasteiger charge is -2.34. The quantitative estimate of drug-likeness (QED) is 0.449. The summed E-state index contributed by atoms with van der Waals surface area (Å²) >= 11 is 0. The molecule has 6 nitrogen and oxygen atoms in total. The molecule has 1 aromatic carbocycles. The third-order valence-corrected chi connectivity index (χ3v) is 4.12. The molecule has 1 saturated carbocycles. The van der Waals surface area contributed by atoms with E-state index in [1.807, 2.05) is 24.3 Å². The van der Waals surface area contributed by atoms with Crippen LogP contribution in [-0.4, -0.2) is 40.8 Å². The van der Waals surface area contributed by atoms with Crippen molar-refractivity contribution in [1.82, 2.24) is 0 Å². The van der Waals surface area contributed by atoms with E-state index < -0.39 is 10.1 Å². The zero-order chi connectivity index (χ0) is 16.0. The van der Waals surface area contributed by atoms with E-state index in [0.717, 1.165) is 30.3 Å². The number of para-hydroxylation sites is 1. The molecule has 0 saturated heterocycles. The predicted octanol–water partition coefficient (Wildman–Crippen LogP) is 2.03. The molecule has 0 aromatic heterocycles. The van der Waals surface area contributed by atoms with Crippen LogP contribution in [0, 0.1) is 5.92 Å². The fraction of sp³-hybridized carbons (Fsp3) is 0.533. The lowest BCUT2D eigenvalue weighted by molar-refractivity contribution is -0.0497. The molecule has 2 rings (SSSR count). The molecule has 1 aromatic rings. The normalized spacial score (nSPS) is 21.7. The Morgan fingerprint density at radius 1 is 1.36 bits per heavy atom. The second-order valence-electron chi connectivity index (χ2n) is 5.45. The van der Waals surface area contributed by atoms with E-state index in [1.165, 1.54) is 0 Å². The molecule has 7 heteroatoms. The first kappa shape index (κ1) is 16.9. The minimum atomic E-state index is -3.34. The minimum absolute atomic E-state index is 0.168. The molecule has 1 fully saturated rings. The number of benzene rings is 1. The molecule has 0 atom stereocenters. The van der Waals surface area contributed by atoms with Crippen LogP contribution in [0.2, 0.25) is 0 Å². The number of aliphatic imine (C=N–C) groups is 1. The van der Waals surface area contributed by atoms with E-state index in [2.05, 4.69) is 10.3 Å². The van der Waals surface area contributed by atoms with Gasteiger partial charge >= 0.3 is 0 Å². The van der Waals surface area contributed by atoms with Crippen LogP contribution in [0.3, 0.4) is 0 Å². The minimum Gasteiger partial charge on any atom is -0.373 e. The van der Waals surface area contributed by atoms with Crippen molar-refractivity contribution in [2.45, 2.75) is 25.6 Å². The molecule has 22 heavy (non-hydrogen) atoms. The summed E-state index contributed by atoms with van der Waals surface area (Å²) in [5, 5.41) is 3.11. The standard InChI is InChI=1S/C15H22N2O4S/c1-16-11-17-15-6-4-3-5-13(15)10-20-14-7-12(8-14)9-21-22(2,18)19/h3-6,11-12,14H,7-10H2,1-2H3,(H,16,17). The lowest BCUT2D eigenvalue weighted by atomic mass is 9.83. The molecular formula is C15H22N2O4S. The Hall–Kier alpha value is -1.44. The van der Waals surface area contributed by atoms with Crippen molar-refractivity contribution in [2.24, 2.45) is 10.9 Å². The molecule has 0 unspecified atom stereocenters. The highest BCUT2D eigenvalue weighted by Gasteiger charge is 2.31. The first-order valence-corrected chi connectivity index (χ1v) is 9.00. The maximum Gasteiger partial charge on any atom is 0.264 e. The number of anilines is 1. The summed E-state index contributed by atoms with van der Waals surface area (Å²) in [5.74, 6) is 0.264. The number of nitrogens with one attached hydrogen (secondary N) is 1. The van der Waals surface area contributed by atoms with E-state index >= 15 is 0 Å². The van der Waals surface area contributed by atoms with Crippen LogP contribution in [0.15, 0.2) is 29.3 Å². The summed E-state index contributed by atoms with van der Waals surface area (Å²) in [6.07, 6.45) is 4.55. The fourth-order valence-electron chi connectivity index (χ4n) is 2.30. The van der Waals surface area contributed by atoms with Crippen LogP contribution in [0.5, 0.6) is 0 Å². The Labute approximate surface area is 131 Å². The third kappa shape index (κ3) is 5.40. The zero-order valence-corrected chi connectivity index (χ0v) is 13.7. The third-order valence-electron chi connectivity index (χ3n) is 3.55. The van der Waals surface area contributed by atoms with Gasteiger partial charge in [0.25, 0.3) is 10.1 Å². The molecule has 1 aliphatic rings. The van der Waals surface area contributed by atoms with Crippen molar-refractivity contribution in [3.05, 3.63) is 29.8 Å². The van der Waals surface area contributed by atoms with E-state index in [0.29, 0.717) is 6.61 Å². The number of hydrogen-bond donors (Lipinski definition) is 1. The summed E-state index contributed by atoms with van der Waals surface area (Å²) in [4.78, 5) is 3.90. The predicted molar refractivity (Wildman–Crippen MR) is 86.6 cm³/mol. The molecule has 0 bridgehead atoms. The van der Waals surface area contributed by atoms with Gasteiger partial charge in [-0.3, -0.25) is 9.18 Å². The first-order valence-electron chi connectivity index (χ1n) is 7.19. The second-order valence-corrected chi connectivity index (χ2v) is 7.09. The van der Waals surface area contributed by atoms with Crippen LogP contribution in [-0.2, 0) is 25.6 Å².